The van der Waals surface area contributed by atoms with Crippen molar-refractivity contribution in [2.45, 2.75) is 20.4 Å². The van der Waals surface area contributed by atoms with Crippen LogP contribution >= 0.6 is 0 Å². The van der Waals surface area contributed by atoms with Crippen molar-refractivity contribution < 1.29 is 0 Å². The Balaban J connectivity index is 1.46. The fourth-order valence-corrected chi connectivity index (χ4v) is 3.76. The van der Waals surface area contributed by atoms with E-state index < -0.39 is 0 Å². The van der Waals surface area contributed by atoms with E-state index in [-0.39, 0.29) is 0 Å². The molecule has 128 valence electrons. The maximum Gasteiger partial charge on any atom is 0.0705 e. The number of anilines is 1. The average molecular weight is 331 g/mol. The topological polar surface area (TPSA) is 19.4 Å². The van der Waals surface area contributed by atoms with Gasteiger partial charge in [0.2, 0.25) is 0 Å². The van der Waals surface area contributed by atoms with E-state index >= 15 is 0 Å². The maximum absolute atomic E-state index is 4.48. The quantitative estimate of drug-likeness (QED) is 0.718. The van der Waals surface area contributed by atoms with Crippen molar-refractivity contribution in [3.63, 3.8) is 0 Å². The highest BCUT2D eigenvalue weighted by atomic mass is 15.3. The molecule has 1 fully saturated rings. The van der Waals surface area contributed by atoms with Crippen LogP contribution in [0.5, 0.6) is 0 Å². The van der Waals surface area contributed by atoms with E-state index in [1.165, 1.54) is 27.8 Å². The standard InChI is InChI=1S/C22H25N3/c1-17-6-5-9-22(18(17)2)25-14-12-24(13-15-25)16-19-10-11-23-21-8-4-3-7-20(19)21/h3-11H,12-16H2,1-2H3. The van der Waals surface area contributed by atoms with E-state index in [2.05, 4.69) is 77.2 Å². The Morgan fingerprint density at radius 1 is 0.880 bits per heavy atom. The summed E-state index contributed by atoms with van der Waals surface area (Å²) in [6.45, 7) is 9.82. The highest BCUT2D eigenvalue weighted by Gasteiger charge is 2.19. The molecule has 1 aliphatic heterocycles. The van der Waals surface area contributed by atoms with Crippen LogP contribution in [0.25, 0.3) is 10.9 Å². The molecule has 0 N–H and O–H groups in total. The minimum Gasteiger partial charge on any atom is -0.369 e. The first-order valence-corrected chi connectivity index (χ1v) is 9.08. The van der Waals surface area contributed by atoms with Crippen LogP contribution < -0.4 is 4.90 Å². The van der Waals surface area contributed by atoms with Crippen LogP contribution in [0.1, 0.15) is 16.7 Å². The molecule has 0 saturated carbocycles. The molecule has 3 nitrogen and oxygen atoms in total. The van der Waals surface area contributed by atoms with Gasteiger partial charge in [0.15, 0.2) is 0 Å². The van der Waals surface area contributed by atoms with E-state index in [0.29, 0.717) is 0 Å². The van der Waals surface area contributed by atoms with Crippen molar-refractivity contribution in [1.82, 2.24) is 9.88 Å². The maximum atomic E-state index is 4.48. The van der Waals surface area contributed by atoms with Crippen LogP contribution in [0.15, 0.2) is 54.7 Å². The summed E-state index contributed by atoms with van der Waals surface area (Å²) in [4.78, 5) is 9.57. The number of pyridine rings is 1. The Bertz CT molecular complexity index is 874. The molecule has 0 aliphatic carbocycles. The van der Waals surface area contributed by atoms with Crippen molar-refractivity contribution in [3.8, 4) is 0 Å². The first kappa shape index (κ1) is 16.1. The normalized spacial score (nSPS) is 15.7. The molecule has 2 heterocycles. The average Bonchev–Trinajstić information content (AvgIpc) is 2.65. The lowest BCUT2D eigenvalue weighted by Crippen LogP contribution is -2.46. The highest BCUT2D eigenvalue weighted by Crippen LogP contribution is 2.25. The van der Waals surface area contributed by atoms with Crippen molar-refractivity contribution in [2.75, 3.05) is 31.1 Å². The number of piperazine rings is 1. The highest BCUT2D eigenvalue weighted by molar-refractivity contribution is 5.81. The van der Waals surface area contributed by atoms with E-state index in [0.717, 1.165) is 38.2 Å². The lowest BCUT2D eigenvalue weighted by atomic mass is 10.1. The molecule has 3 aromatic rings. The fourth-order valence-electron chi connectivity index (χ4n) is 3.76. The van der Waals surface area contributed by atoms with E-state index in [4.69, 9.17) is 0 Å². The number of fused-ring (bicyclic) bond motifs is 1. The van der Waals surface area contributed by atoms with Crippen LogP contribution in [0.3, 0.4) is 0 Å². The Morgan fingerprint density at radius 3 is 2.52 bits per heavy atom. The third kappa shape index (κ3) is 3.24. The number of hydrogen-bond donors (Lipinski definition) is 0. The molecule has 1 aromatic heterocycles. The minimum absolute atomic E-state index is 1.00. The zero-order chi connectivity index (χ0) is 17.2. The summed E-state index contributed by atoms with van der Waals surface area (Å²) in [5.41, 5.74) is 6.66. The summed E-state index contributed by atoms with van der Waals surface area (Å²) in [6, 6.07) is 17.2. The summed E-state index contributed by atoms with van der Waals surface area (Å²) in [7, 11) is 0. The van der Waals surface area contributed by atoms with Gasteiger partial charge >= 0.3 is 0 Å². The van der Waals surface area contributed by atoms with Crippen LogP contribution in [0.2, 0.25) is 0 Å². The second-order valence-electron chi connectivity index (χ2n) is 6.97. The Morgan fingerprint density at radius 2 is 1.68 bits per heavy atom. The predicted octanol–water partition coefficient (Wildman–Crippen LogP) is 4.17. The predicted molar refractivity (Wildman–Crippen MR) is 105 cm³/mol. The van der Waals surface area contributed by atoms with Crippen molar-refractivity contribution in [3.05, 3.63) is 71.4 Å². The molecular formula is C22H25N3. The molecule has 0 radical (unpaired) electrons. The summed E-state index contributed by atoms with van der Waals surface area (Å²) >= 11 is 0. The van der Waals surface area contributed by atoms with Gasteiger partial charge in [0.05, 0.1) is 5.52 Å². The van der Waals surface area contributed by atoms with Gasteiger partial charge < -0.3 is 4.90 Å². The molecular weight excluding hydrogens is 306 g/mol. The van der Waals surface area contributed by atoms with E-state index in [9.17, 15) is 0 Å². The third-order valence-corrected chi connectivity index (χ3v) is 5.42. The van der Waals surface area contributed by atoms with E-state index in [1.54, 1.807) is 0 Å². The third-order valence-electron chi connectivity index (χ3n) is 5.42. The van der Waals surface area contributed by atoms with Gasteiger partial charge in [0.25, 0.3) is 0 Å². The fraction of sp³-hybridized carbons (Fsp3) is 0.318. The van der Waals surface area contributed by atoms with Gasteiger partial charge in [-0.25, -0.2) is 0 Å². The monoisotopic (exact) mass is 331 g/mol. The van der Waals surface area contributed by atoms with Gasteiger partial charge in [0, 0.05) is 50.0 Å². The molecule has 4 rings (SSSR count). The van der Waals surface area contributed by atoms with Crippen LogP contribution in [-0.2, 0) is 6.54 Å². The molecule has 0 amide bonds. The Labute approximate surface area is 149 Å². The second kappa shape index (κ2) is 6.85. The molecule has 1 aliphatic rings. The van der Waals surface area contributed by atoms with Crippen molar-refractivity contribution in [2.24, 2.45) is 0 Å². The summed E-state index contributed by atoms with van der Waals surface area (Å²) < 4.78 is 0. The zero-order valence-electron chi connectivity index (χ0n) is 15.1. The minimum atomic E-state index is 1.00. The van der Waals surface area contributed by atoms with E-state index in [1.807, 2.05) is 6.20 Å². The zero-order valence-corrected chi connectivity index (χ0v) is 15.1. The lowest BCUT2D eigenvalue weighted by molar-refractivity contribution is 0.250. The lowest BCUT2D eigenvalue weighted by Gasteiger charge is -2.37. The van der Waals surface area contributed by atoms with Gasteiger partial charge in [-0.1, -0.05) is 30.3 Å². The first-order valence-electron chi connectivity index (χ1n) is 9.08. The number of aromatic nitrogens is 1. The SMILES string of the molecule is Cc1cccc(N2CCN(Cc3ccnc4ccccc34)CC2)c1C. The molecule has 0 atom stereocenters. The van der Waals surface area contributed by atoms with Crippen LogP contribution in [0.4, 0.5) is 5.69 Å². The van der Waals surface area contributed by atoms with Gasteiger partial charge in [-0.15, -0.1) is 0 Å². The number of nitrogens with zero attached hydrogens (tertiary/aromatic N) is 3. The molecule has 0 spiro atoms. The molecule has 1 saturated heterocycles. The van der Waals surface area contributed by atoms with Crippen molar-refractivity contribution >= 4 is 16.6 Å². The van der Waals surface area contributed by atoms with Crippen LogP contribution in [-0.4, -0.2) is 36.1 Å². The number of hydrogen-bond acceptors (Lipinski definition) is 3. The smallest absolute Gasteiger partial charge is 0.0705 e. The number of aryl methyl sites for hydroxylation is 1. The van der Waals surface area contributed by atoms with Gasteiger partial charge in [-0.05, 0) is 48.7 Å². The molecule has 2 aromatic carbocycles. The van der Waals surface area contributed by atoms with Gasteiger partial charge in [-0.3, -0.25) is 9.88 Å². The largest absolute Gasteiger partial charge is 0.369 e. The second-order valence-corrected chi connectivity index (χ2v) is 6.97. The van der Waals surface area contributed by atoms with Gasteiger partial charge in [-0.2, -0.15) is 0 Å². The molecule has 25 heavy (non-hydrogen) atoms. The number of rotatable bonds is 3. The van der Waals surface area contributed by atoms with Crippen molar-refractivity contribution in [1.29, 1.82) is 0 Å². The molecule has 0 unspecified atom stereocenters. The first-order chi connectivity index (χ1) is 12.2. The number of para-hydroxylation sites is 1. The summed E-state index contributed by atoms with van der Waals surface area (Å²) in [5, 5.41) is 1.28. The molecule has 3 heteroatoms. The summed E-state index contributed by atoms with van der Waals surface area (Å²) in [5.74, 6) is 0. The summed E-state index contributed by atoms with van der Waals surface area (Å²) in [6.07, 6.45) is 1.93. The Hall–Kier alpha value is -2.39. The van der Waals surface area contributed by atoms with Crippen LogP contribution in [0, 0.1) is 13.8 Å². The number of benzene rings is 2. The van der Waals surface area contributed by atoms with Gasteiger partial charge in [0.1, 0.15) is 0 Å². The molecule has 0 bridgehead atoms. The Kier molecular flexibility index (Phi) is 4.41.